The fraction of sp³-hybridized carbons (Fsp3) is 0.111. The number of ether oxygens (including phenoxy) is 2. The van der Waals surface area contributed by atoms with Crippen molar-refractivity contribution >= 4 is 0 Å². The summed E-state index contributed by atoms with van der Waals surface area (Å²) < 4.78 is 65.0. The summed E-state index contributed by atoms with van der Waals surface area (Å²) in [7, 11) is 0. The van der Waals surface area contributed by atoms with Gasteiger partial charge < -0.3 is 13.9 Å². The molecule has 2 aromatic carbocycles. The lowest BCUT2D eigenvalue weighted by atomic mass is 10.1. The largest absolute Gasteiger partial charge is 0.573 e. The lowest BCUT2D eigenvalue weighted by molar-refractivity contribution is -0.274. The van der Waals surface area contributed by atoms with Gasteiger partial charge in [0.25, 0.3) is 5.89 Å². The van der Waals surface area contributed by atoms with Gasteiger partial charge in [-0.3, -0.25) is 4.84 Å². The van der Waals surface area contributed by atoms with E-state index in [1.54, 1.807) is 6.08 Å². The van der Waals surface area contributed by atoms with Crippen LogP contribution in [0.25, 0.3) is 11.5 Å². The van der Waals surface area contributed by atoms with Crippen LogP contribution in [0.2, 0.25) is 0 Å². The highest BCUT2D eigenvalue weighted by Gasteiger charge is 2.31. The Labute approximate surface area is 160 Å². The van der Waals surface area contributed by atoms with E-state index in [-0.39, 0.29) is 28.8 Å². The van der Waals surface area contributed by atoms with Crippen LogP contribution < -0.4 is 15.0 Å². The van der Waals surface area contributed by atoms with Gasteiger partial charge in [-0.15, -0.1) is 23.4 Å². The first-order valence-corrected chi connectivity index (χ1v) is 8.10. The van der Waals surface area contributed by atoms with Crippen molar-refractivity contribution in [1.29, 1.82) is 0 Å². The van der Waals surface area contributed by atoms with E-state index >= 15 is 0 Å². The van der Waals surface area contributed by atoms with Crippen molar-refractivity contribution < 1.29 is 36.3 Å². The molecule has 0 aliphatic carbocycles. The number of rotatable bonds is 5. The molecule has 1 aliphatic rings. The maximum absolute atomic E-state index is 13.9. The van der Waals surface area contributed by atoms with Crippen LogP contribution in [0.1, 0.15) is 11.7 Å². The molecule has 0 spiro atoms. The molecule has 0 saturated carbocycles. The number of hydrogen-bond acceptors (Lipinski definition) is 7. The fourth-order valence-electron chi connectivity index (χ4n) is 2.55. The topological polar surface area (TPSA) is 78.6 Å². The van der Waals surface area contributed by atoms with Crippen molar-refractivity contribution in [1.82, 2.24) is 15.7 Å². The fourth-order valence-corrected chi connectivity index (χ4v) is 2.55. The van der Waals surface area contributed by atoms with Crippen molar-refractivity contribution in [3.63, 3.8) is 0 Å². The van der Waals surface area contributed by atoms with E-state index < -0.39 is 18.3 Å². The Morgan fingerprint density at radius 3 is 2.48 bits per heavy atom. The summed E-state index contributed by atoms with van der Waals surface area (Å²) in [6, 6.07) is 9.17. The first-order valence-electron chi connectivity index (χ1n) is 8.10. The Balaban J connectivity index is 1.46. The zero-order valence-corrected chi connectivity index (χ0v) is 14.3. The summed E-state index contributed by atoms with van der Waals surface area (Å²) in [5.74, 6) is -0.417. The zero-order chi connectivity index (χ0) is 20.4. The van der Waals surface area contributed by atoms with Crippen LogP contribution >= 0.6 is 0 Å². The lowest BCUT2D eigenvalue weighted by Gasteiger charge is -2.11. The summed E-state index contributed by atoms with van der Waals surface area (Å²) in [6.07, 6.45) is -2.73. The summed E-state index contributed by atoms with van der Waals surface area (Å²) in [6.45, 7) is 0. The SMILES string of the molecule is Fc1ccc(OC2=C[C@@H](c3ccc(OC(F)(F)F)cc3)ON2)cc1-c1nnco1. The van der Waals surface area contributed by atoms with Crippen molar-refractivity contribution in [2.45, 2.75) is 12.5 Å². The standard InChI is InChI=1S/C18H11F4N3O4/c19-14-6-5-12(7-13(14)17-24-23-9-26-17)27-16-8-15(29-25-16)10-1-3-11(4-2-10)28-18(20,21)22/h1-9,15,25H/t15-/m0/s1. The predicted octanol–water partition coefficient (Wildman–Crippen LogP) is 4.27. The van der Waals surface area contributed by atoms with Gasteiger partial charge in [-0.05, 0) is 35.9 Å². The number of hydrogen-bond donors (Lipinski definition) is 1. The number of nitrogens with one attached hydrogen (secondary N) is 1. The molecule has 1 aliphatic heterocycles. The van der Waals surface area contributed by atoms with Gasteiger partial charge in [-0.25, -0.2) is 9.87 Å². The van der Waals surface area contributed by atoms with E-state index in [0.29, 0.717) is 5.56 Å². The first kappa shape index (κ1) is 18.7. The molecule has 11 heteroatoms. The van der Waals surface area contributed by atoms with Gasteiger partial charge in [0, 0.05) is 6.08 Å². The van der Waals surface area contributed by atoms with Crippen molar-refractivity contribution in [3.05, 3.63) is 72.2 Å². The van der Waals surface area contributed by atoms with Gasteiger partial charge in [-0.2, -0.15) is 0 Å². The first-order chi connectivity index (χ1) is 13.9. The molecule has 4 rings (SSSR count). The Morgan fingerprint density at radius 2 is 1.79 bits per heavy atom. The molecule has 1 atom stereocenters. The minimum absolute atomic E-state index is 0.00315. The minimum atomic E-state index is -4.76. The highest BCUT2D eigenvalue weighted by atomic mass is 19.4. The van der Waals surface area contributed by atoms with Crippen LogP contribution in [0, 0.1) is 5.82 Å². The highest BCUT2D eigenvalue weighted by molar-refractivity contribution is 5.56. The van der Waals surface area contributed by atoms with E-state index in [0.717, 1.165) is 6.39 Å². The van der Waals surface area contributed by atoms with Gasteiger partial charge in [-0.1, -0.05) is 12.1 Å². The number of aromatic nitrogens is 2. The zero-order valence-electron chi connectivity index (χ0n) is 14.3. The van der Waals surface area contributed by atoms with E-state index in [4.69, 9.17) is 14.0 Å². The van der Waals surface area contributed by atoms with Crippen molar-refractivity contribution in [2.24, 2.45) is 0 Å². The monoisotopic (exact) mass is 409 g/mol. The van der Waals surface area contributed by atoms with Crippen LogP contribution in [-0.4, -0.2) is 16.6 Å². The van der Waals surface area contributed by atoms with Gasteiger partial charge in [0.1, 0.15) is 23.4 Å². The maximum atomic E-state index is 13.9. The second-order valence-corrected chi connectivity index (χ2v) is 5.78. The Bertz CT molecular complexity index is 1020. The Hall–Kier alpha value is -3.60. The quantitative estimate of drug-likeness (QED) is 0.631. The summed E-state index contributed by atoms with van der Waals surface area (Å²) in [5.41, 5.74) is 3.19. The Kier molecular flexibility index (Phi) is 4.80. The molecular formula is C18H11F4N3O4. The number of halogens is 4. The van der Waals surface area contributed by atoms with E-state index in [2.05, 4.69) is 20.4 Å². The molecule has 29 heavy (non-hydrogen) atoms. The third-order valence-electron chi connectivity index (χ3n) is 3.79. The molecule has 0 bridgehead atoms. The third-order valence-corrected chi connectivity index (χ3v) is 3.79. The molecule has 1 N–H and O–H groups in total. The molecule has 0 fully saturated rings. The Morgan fingerprint density at radius 1 is 1.03 bits per heavy atom. The van der Waals surface area contributed by atoms with E-state index in [9.17, 15) is 17.6 Å². The number of benzene rings is 2. The molecule has 7 nitrogen and oxygen atoms in total. The molecule has 0 saturated heterocycles. The van der Waals surface area contributed by atoms with Crippen LogP contribution in [0.15, 0.2) is 65.2 Å². The molecule has 3 aromatic rings. The van der Waals surface area contributed by atoms with Crippen molar-refractivity contribution in [3.8, 4) is 23.0 Å². The molecular weight excluding hydrogens is 398 g/mol. The van der Waals surface area contributed by atoms with E-state index in [1.807, 2.05) is 0 Å². The summed E-state index contributed by atoms with van der Waals surface area (Å²) in [4.78, 5) is 5.35. The van der Waals surface area contributed by atoms with Crippen LogP contribution in [0.5, 0.6) is 11.5 Å². The molecule has 0 unspecified atom stereocenters. The van der Waals surface area contributed by atoms with Gasteiger partial charge in [0.15, 0.2) is 0 Å². The molecule has 0 amide bonds. The minimum Gasteiger partial charge on any atom is -0.439 e. The van der Waals surface area contributed by atoms with Crippen LogP contribution in [0.3, 0.4) is 0 Å². The predicted molar refractivity (Wildman–Crippen MR) is 88.5 cm³/mol. The average molecular weight is 409 g/mol. The van der Waals surface area contributed by atoms with Gasteiger partial charge >= 0.3 is 6.36 Å². The van der Waals surface area contributed by atoms with Gasteiger partial charge in [0.05, 0.1) is 5.56 Å². The summed E-state index contributed by atoms with van der Waals surface area (Å²) >= 11 is 0. The normalized spacial score (nSPS) is 16.3. The van der Waals surface area contributed by atoms with Crippen molar-refractivity contribution in [2.75, 3.05) is 0 Å². The number of alkyl halides is 3. The second-order valence-electron chi connectivity index (χ2n) is 5.78. The molecule has 150 valence electrons. The van der Waals surface area contributed by atoms with Crippen LogP contribution in [0.4, 0.5) is 17.6 Å². The number of hydroxylamine groups is 1. The van der Waals surface area contributed by atoms with E-state index in [1.165, 1.54) is 42.5 Å². The third kappa shape index (κ3) is 4.46. The molecule has 0 radical (unpaired) electrons. The smallest absolute Gasteiger partial charge is 0.439 e. The molecule has 1 aromatic heterocycles. The second kappa shape index (κ2) is 7.43. The molecule has 2 heterocycles. The lowest BCUT2D eigenvalue weighted by Crippen LogP contribution is -2.17. The summed E-state index contributed by atoms with van der Waals surface area (Å²) in [5, 5.41) is 7.16. The maximum Gasteiger partial charge on any atom is 0.573 e. The average Bonchev–Trinajstić information content (AvgIpc) is 3.35. The van der Waals surface area contributed by atoms with Gasteiger partial charge in [0.2, 0.25) is 12.3 Å². The van der Waals surface area contributed by atoms with Crippen LogP contribution in [-0.2, 0) is 4.84 Å². The highest BCUT2D eigenvalue weighted by Crippen LogP contribution is 2.30. The number of nitrogens with zero attached hydrogens (tertiary/aromatic N) is 2.